The smallest absolute Gasteiger partial charge is 0.136 e. The first-order valence-electron chi connectivity index (χ1n) is 17.0. The highest BCUT2D eigenvalue weighted by Gasteiger charge is 2.38. The maximum Gasteiger partial charge on any atom is 0.136 e. The number of hydrogen-bond acceptors (Lipinski definition) is 2. The van der Waals surface area contributed by atoms with Gasteiger partial charge in [0.2, 0.25) is 0 Å². The molecule has 8 aromatic carbocycles. The highest BCUT2D eigenvalue weighted by molar-refractivity contribution is 6.12. The summed E-state index contributed by atoms with van der Waals surface area (Å²) in [6.45, 7) is 4.76. The summed E-state index contributed by atoms with van der Waals surface area (Å²) in [5.74, 6) is 1.82. The maximum atomic E-state index is 6.43. The lowest BCUT2D eigenvalue weighted by Crippen LogP contribution is -2.15. The molecule has 49 heavy (non-hydrogen) atoms. The lowest BCUT2D eigenvalue weighted by molar-refractivity contribution is 0.487. The van der Waals surface area contributed by atoms with Crippen molar-refractivity contribution in [3.05, 3.63) is 157 Å². The number of fused-ring (bicyclic) bond motifs is 10. The molecule has 0 unspecified atom stereocenters. The summed E-state index contributed by atoms with van der Waals surface area (Å²) in [6.07, 6.45) is 0. The van der Waals surface area contributed by atoms with Crippen LogP contribution in [0.15, 0.2) is 150 Å². The third-order valence-corrected chi connectivity index (χ3v) is 11.0. The molecule has 0 atom stereocenters. The Bertz CT molecular complexity index is 2880. The highest BCUT2D eigenvalue weighted by atomic mass is 16.5. The molecule has 0 bridgehead atoms. The first kappa shape index (κ1) is 26.9. The molecular formula is C47H30O2. The number of benzene rings is 8. The van der Waals surface area contributed by atoms with Crippen molar-refractivity contribution in [1.29, 1.82) is 0 Å². The van der Waals surface area contributed by atoms with Crippen LogP contribution in [0, 0.1) is 0 Å². The summed E-state index contributed by atoms with van der Waals surface area (Å²) in [4.78, 5) is 0. The first-order chi connectivity index (χ1) is 24.0. The Morgan fingerprint density at radius 2 is 1.18 bits per heavy atom. The van der Waals surface area contributed by atoms with Crippen LogP contribution in [0.2, 0.25) is 0 Å². The van der Waals surface area contributed by atoms with Crippen molar-refractivity contribution in [1.82, 2.24) is 0 Å². The van der Waals surface area contributed by atoms with Crippen LogP contribution in [-0.4, -0.2) is 0 Å². The van der Waals surface area contributed by atoms with Crippen molar-refractivity contribution in [2.75, 3.05) is 0 Å². The SMILES string of the molecule is CC1(C)c2ccccc2-c2c(-c3ccc4c(c3)oc3ccccc34)cc3ccc(-c4ccc5c6c(cccc46)-c4ccccc4O5)cc3c21. The summed E-state index contributed by atoms with van der Waals surface area (Å²) < 4.78 is 12.8. The fourth-order valence-corrected chi connectivity index (χ4v) is 8.83. The second-order valence-electron chi connectivity index (χ2n) is 14.0. The highest BCUT2D eigenvalue weighted by Crippen LogP contribution is 2.56. The van der Waals surface area contributed by atoms with E-state index in [1.165, 1.54) is 71.6 Å². The molecule has 2 heterocycles. The van der Waals surface area contributed by atoms with E-state index < -0.39 is 0 Å². The molecule has 1 aliphatic carbocycles. The van der Waals surface area contributed by atoms with Crippen molar-refractivity contribution >= 4 is 43.5 Å². The lowest BCUT2D eigenvalue weighted by atomic mass is 9.78. The quantitative estimate of drug-likeness (QED) is 0.190. The van der Waals surface area contributed by atoms with Gasteiger partial charge in [-0.05, 0) is 109 Å². The van der Waals surface area contributed by atoms with Crippen LogP contribution in [0.5, 0.6) is 11.5 Å². The van der Waals surface area contributed by atoms with Gasteiger partial charge in [0.15, 0.2) is 0 Å². The van der Waals surface area contributed by atoms with E-state index >= 15 is 0 Å². The summed E-state index contributed by atoms with van der Waals surface area (Å²) in [5, 5.41) is 7.22. The zero-order valence-corrected chi connectivity index (χ0v) is 27.2. The van der Waals surface area contributed by atoms with Crippen molar-refractivity contribution in [3.63, 3.8) is 0 Å². The third kappa shape index (κ3) is 3.61. The van der Waals surface area contributed by atoms with Gasteiger partial charge in [0.05, 0.1) is 0 Å². The van der Waals surface area contributed by atoms with Gasteiger partial charge in [-0.15, -0.1) is 0 Å². The van der Waals surface area contributed by atoms with Crippen LogP contribution < -0.4 is 4.74 Å². The van der Waals surface area contributed by atoms with Gasteiger partial charge in [-0.2, -0.15) is 0 Å². The number of furan rings is 1. The molecule has 2 aliphatic rings. The topological polar surface area (TPSA) is 22.4 Å². The van der Waals surface area contributed by atoms with Gasteiger partial charge in [-0.1, -0.05) is 117 Å². The van der Waals surface area contributed by atoms with Crippen LogP contribution >= 0.6 is 0 Å². The fraction of sp³-hybridized carbons (Fsp3) is 0.0638. The van der Waals surface area contributed by atoms with E-state index in [-0.39, 0.29) is 5.41 Å². The minimum absolute atomic E-state index is 0.181. The van der Waals surface area contributed by atoms with E-state index in [0.29, 0.717) is 0 Å². The van der Waals surface area contributed by atoms with Crippen molar-refractivity contribution < 1.29 is 9.15 Å². The minimum Gasteiger partial charge on any atom is -0.456 e. The van der Waals surface area contributed by atoms with Gasteiger partial charge >= 0.3 is 0 Å². The predicted molar refractivity (Wildman–Crippen MR) is 203 cm³/mol. The summed E-state index contributed by atoms with van der Waals surface area (Å²) >= 11 is 0. The average molecular weight is 627 g/mol. The summed E-state index contributed by atoms with van der Waals surface area (Å²) in [7, 11) is 0. The lowest BCUT2D eigenvalue weighted by Gasteiger charge is -2.25. The molecule has 0 spiro atoms. The molecule has 1 aromatic heterocycles. The fourth-order valence-electron chi connectivity index (χ4n) is 8.83. The Morgan fingerprint density at radius 1 is 0.449 bits per heavy atom. The van der Waals surface area contributed by atoms with Crippen molar-refractivity contribution in [2.24, 2.45) is 0 Å². The molecule has 2 nitrogen and oxygen atoms in total. The van der Waals surface area contributed by atoms with E-state index in [0.717, 1.165) is 39.0 Å². The van der Waals surface area contributed by atoms with Gasteiger partial charge in [-0.3, -0.25) is 0 Å². The number of hydrogen-bond donors (Lipinski definition) is 0. The minimum atomic E-state index is -0.181. The molecule has 11 rings (SSSR count). The average Bonchev–Trinajstić information content (AvgIpc) is 3.63. The third-order valence-electron chi connectivity index (χ3n) is 11.0. The van der Waals surface area contributed by atoms with E-state index in [9.17, 15) is 0 Å². The van der Waals surface area contributed by atoms with Crippen LogP contribution in [0.1, 0.15) is 25.0 Å². The van der Waals surface area contributed by atoms with Crippen molar-refractivity contribution in [2.45, 2.75) is 19.3 Å². The summed E-state index contributed by atoms with van der Waals surface area (Å²) in [6, 6.07) is 52.7. The van der Waals surface area contributed by atoms with Gasteiger partial charge in [-0.25, -0.2) is 0 Å². The first-order valence-corrected chi connectivity index (χ1v) is 17.0. The Hall–Kier alpha value is -6.12. The maximum absolute atomic E-state index is 6.43. The molecule has 0 saturated carbocycles. The van der Waals surface area contributed by atoms with Gasteiger partial charge in [0.1, 0.15) is 22.7 Å². The molecule has 0 saturated heterocycles. The standard InChI is InChI=1S/C47H30O2/c1-47(2)39-15-6-3-12-36(39)45-37(29-20-21-33-31-10-4-7-16-40(31)49-43(33)26-29)24-28-19-18-27(25-38(28)46(45)47)30-22-23-42-44-34(30)13-9-14-35(44)32-11-5-8-17-41(32)48-42/h3-26H,1-2H3. The van der Waals surface area contributed by atoms with Crippen LogP contribution in [0.3, 0.4) is 0 Å². The molecule has 0 amide bonds. The number of ether oxygens (including phenoxy) is 1. The van der Waals surface area contributed by atoms with Gasteiger partial charge in [0.25, 0.3) is 0 Å². The molecule has 0 fully saturated rings. The molecule has 0 radical (unpaired) electrons. The van der Waals surface area contributed by atoms with Gasteiger partial charge < -0.3 is 9.15 Å². The molecule has 2 heteroatoms. The summed E-state index contributed by atoms with van der Waals surface area (Å²) in [5.41, 5.74) is 14.2. The predicted octanol–water partition coefficient (Wildman–Crippen LogP) is 13.3. The number of para-hydroxylation sites is 2. The Morgan fingerprint density at radius 3 is 2.12 bits per heavy atom. The van der Waals surface area contributed by atoms with E-state index in [4.69, 9.17) is 9.15 Å². The Balaban J connectivity index is 1.17. The molecule has 9 aromatic rings. The zero-order valence-electron chi connectivity index (χ0n) is 27.2. The van der Waals surface area contributed by atoms with E-state index in [2.05, 4.69) is 147 Å². The zero-order chi connectivity index (χ0) is 32.4. The molecule has 0 N–H and O–H groups in total. The normalized spacial score (nSPS) is 13.8. The van der Waals surface area contributed by atoms with Crippen LogP contribution in [0.4, 0.5) is 0 Å². The van der Waals surface area contributed by atoms with Gasteiger partial charge in [0, 0.05) is 27.1 Å². The van der Waals surface area contributed by atoms with E-state index in [1.54, 1.807) is 0 Å². The number of rotatable bonds is 2. The monoisotopic (exact) mass is 626 g/mol. The second kappa shape index (κ2) is 9.49. The van der Waals surface area contributed by atoms with Crippen molar-refractivity contribution in [3.8, 4) is 56.0 Å². The van der Waals surface area contributed by atoms with E-state index in [1.807, 2.05) is 12.1 Å². The van der Waals surface area contributed by atoms with Crippen LogP contribution in [0.25, 0.3) is 88.0 Å². The molecule has 230 valence electrons. The molecular weight excluding hydrogens is 597 g/mol. The second-order valence-corrected chi connectivity index (χ2v) is 14.0. The molecule has 1 aliphatic heterocycles. The van der Waals surface area contributed by atoms with Crippen LogP contribution in [-0.2, 0) is 5.41 Å². The largest absolute Gasteiger partial charge is 0.456 e. The Kier molecular flexibility index (Phi) is 5.21. The Labute approximate surface area is 283 Å².